The molecule has 1 unspecified atom stereocenters. The molecule has 1 aromatic carbocycles. The first-order chi connectivity index (χ1) is 7.20. The Bertz CT molecular complexity index is 346. The Labute approximate surface area is 92.1 Å². The Morgan fingerprint density at radius 1 is 1.47 bits per heavy atom. The van der Waals surface area contributed by atoms with Gasteiger partial charge in [-0.3, -0.25) is 0 Å². The molecule has 1 aliphatic rings. The number of rotatable bonds is 3. The van der Waals surface area contributed by atoms with Crippen LogP contribution in [0, 0.1) is 5.92 Å². The molecule has 0 saturated heterocycles. The minimum atomic E-state index is 0.772. The van der Waals surface area contributed by atoms with Gasteiger partial charge in [-0.25, -0.2) is 0 Å². The number of nitrogens with two attached hydrogens (primary N) is 1. The molecule has 15 heavy (non-hydrogen) atoms. The van der Waals surface area contributed by atoms with Crippen LogP contribution in [-0.4, -0.2) is 13.1 Å². The highest BCUT2D eigenvalue weighted by Gasteiger charge is 2.19. The lowest BCUT2D eigenvalue weighted by molar-refractivity contribution is 0.550. The molecule has 82 valence electrons. The van der Waals surface area contributed by atoms with Crippen molar-refractivity contribution >= 4 is 11.4 Å². The first-order valence-electron chi connectivity index (χ1n) is 5.84. The molecule has 0 aliphatic carbocycles. The normalized spacial score (nSPS) is 16.5. The predicted octanol–water partition coefficient (Wildman–Crippen LogP) is 2.68. The van der Waals surface area contributed by atoms with Gasteiger partial charge in [-0.15, -0.1) is 0 Å². The van der Waals surface area contributed by atoms with E-state index in [-0.39, 0.29) is 0 Å². The Hall–Kier alpha value is -1.18. The van der Waals surface area contributed by atoms with Crippen molar-refractivity contribution in [1.29, 1.82) is 0 Å². The number of hydrogen-bond donors (Lipinski definition) is 1. The van der Waals surface area contributed by atoms with Gasteiger partial charge < -0.3 is 10.6 Å². The summed E-state index contributed by atoms with van der Waals surface area (Å²) in [7, 11) is 0. The van der Waals surface area contributed by atoms with Crippen molar-refractivity contribution in [3.63, 3.8) is 0 Å². The van der Waals surface area contributed by atoms with E-state index in [1.54, 1.807) is 0 Å². The Kier molecular flexibility index (Phi) is 2.85. The summed E-state index contributed by atoms with van der Waals surface area (Å²) in [5, 5.41) is 0. The van der Waals surface area contributed by atoms with Crippen LogP contribution in [0.25, 0.3) is 0 Å². The average Bonchev–Trinajstić information content (AvgIpc) is 2.60. The number of benzene rings is 1. The van der Waals surface area contributed by atoms with Gasteiger partial charge in [-0.05, 0) is 36.1 Å². The van der Waals surface area contributed by atoms with E-state index in [1.165, 1.54) is 24.2 Å². The third kappa shape index (κ3) is 2.09. The van der Waals surface area contributed by atoms with Gasteiger partial charge in [-0.2, -0.15) is 0 Å². The summed E-state index contributed by atoms with van der Waals surface area (Å²) in [6, 6.07) is 6.29. The second-order valence-corrected chi connectivity index (χ2v) is 4.60. The molecule has 0 saturated carbocycles. The van der Waals surface area contributed by atoms with E-state index < -0.39 is 0 Å². The zero-order chi connectivity index (χ0) is 10.8. The highest BCUT2D eigenvalue weighted by Crippen LogP contribution is 2.30. The molecule has 0 fully saturated rings. The summed E-state index contributed by atoms with van der Waals surface area (Å²) in [4.78, 5) is 2.49. The molecule has 1 aliphatic heterocycles. The SMILES string of the molecule is CCC(C)CN1CCc2cc(N)ccc21. The smallest absolute Gasteiger partial charge is 0.0401 e. The topological polar surface area (TPSA) is 29.3 Å². The molecule has 0 radical (unpaired) electrons. The van der Waals surface area contributed by atoms with Crippen LogP contribution in [0.15, 0.2) is 18.2 Å². The van der Waals surface area contributed by atoms with Crippen molar-refractivity contribution in [2.45, 2.75) is 26.7 Å². The largest absolute Gasteiger partial charge is 0.399 e. The summed E-state index contributed by atoms with van der Waals surface area (Å²) in [6.45, 7) is 6.90. The van der Waals surface area contributed by atoms with E-state index in [9.17, 15) is 0 Å². The molecule has 0 aromatic heterocycles. The molecule has 2 heteroatoms. The van der Waals surface area contributed by atoms with Crippen LogP contribution in [0.2, 0.25) is 0 Å². The third-order valence-electron chi connectivity index (χ3n) is 3.32. The van der Waals surface area contributed by atoms with E-state index in [2.05, 4.69) is 30.9 Å². The van der Waals surface area contributed by atoms with Crippen LogP contribution < -0.4 is 10.6 Å². The van der Waals surface area contributed by atoms with Crippen molar-refractivity contribution in [3.05, 3.63) is 23.8 Å². The molecule has 1 aromatic rings. The maximum atomic E-state index is 5.79. The summed E-state index contributed by atoms with van der Waals surface area (Å²) in [5.74, 6) is 0.772. The Morgan fingerprint density at radius 2 is 2.27 bits per heavy atom. The maximum absolute atomic E-state index is 5.79. The van der Waals surface area contributed by atoms with Crippen molar-refractivity contribution in [3.8, 4) is 0 Å². The number of hydrogen-bond acceptors (Lipinski definition) is 2. The van der Waals surface area contributed by atoms with Gasteiger partial charge in [0.2, 0.25) is 0 Å². The molecule has 2 N–H and O–H groups in total. The molecular formula is C13H20N2. The number of nitrogens with zero attached hydrogens (tertiary/aromatic N) is 1. The summed E-state index contributed by atoms with van der Waals surface area (Å²) in [6.07, 6.45) is 2.40. The predicted molar refractivity (Wildman–Crippen MR) is 66.2 cm³/mol. The standard InChI is InChI=1S/C13H20N2/c1-3-10(2)9-15-7-6-11-8-12(14)4-5-13(11)15/h4-5,8,10H,3,6-7,9,14H2,1-2H3. The third-order valence-corrected chi connectivity index (χ3v) is 3.32. The minimum Gasteiger partial charge on any atom is -0.399 e. The number of anilines is 2. The van der Waals surface area contributed by atoms with Crippen LogP contribution in [-0.2, 0) is 6.42 Å². The zero-order valence-corrected chi connectivity index (χ0v) is 9.66. The first-order valence-corrected chi connectivity index (χ1v) is 5.84. The van der Waals surface area contributed by atoms with E-state index in [0.29, 0.717) is 0 Å². The van der Waals surface area contributed by atoms with Crippen LogP contribution in [0.4, 0.5) is 11.4 Å². The quantitative estimate of drug-likeness (QED) is 0.767. The Balaban J connectivity index is 2.14. The van der Waals surface area contributed by atoms with Crippen molar-refractivity contribution in [2.24, 2.45) is 5.92 Å². The fourth-order valence-electron chi connectivity index (χ4n) is 2.18. The molecule has 1 heterocycles. The lowest BCUT2D eigenvalue weighted by Crippen LogP contribution is -2.26. The summed E-state index contributed by atoms with van der Waals surface area (Å²) >= 11 is 0. The number of fused-ring (bicyclic) bond motifs is 1. The van der Waals surface area contributed by atoms with E-state index in [4.69, 9.17) is 5.73 Å². The highest BCUT2D eigenvalue weighted by molar-refractivity contribution is 5.62. The van der Waals surface area contributed by atoms with Crippen LogP contribution in [0.3, 0.4) is 0 Å². The van der Waals surface area contributed by atoms with Crippen molar-refractivity contribution in [2.75, 3.05) is 23.7 Å². The van der Waals surface area contributed by atoms with Crippen LogP contribution in [0.1, 0.15) is 25.8 Å². The van der Waals surface area contributed by atoms with Crippen LogP contribution >= 0.6 is 0 Å². The summed E-state index contributed by atoms with van der Waals surface area (Å²) in [5.41, 5.74) is 9.48. The van der Waals surface area contributed by atoms with Gasteiger partial charge in [0, 0.05) is 24.5 Å². The van der Waals surface area contributed by atoms with Gasteiger partial charge in [-0.1, -0.05) is 20.3 Å². The van der Waals surface area contributed by atoms with Gasteiger partial charge in [0.15, 0.2) is 0 Å². The molecular weight excluding hydrogens is 184 g/mol. The molecule has 2 rings (SSSR count). The maximum Gasteiger partial charge on any atom is 0.0401 e. The fourth-order valence-corrected chi connectivity index (χ4v) is 2.18. The minimum absolute atomic E-state index is 0.772. The average molecular weight is 204 g/mol. The van der Waals surface area contributed by atoms with Crippen molar-refractivity contribution in [1.82, 2.24) is 0 Å². The first kappa shape index (κ1) is 10.3. The van der Waals surface area contributed by atoms with Gasteiger partial charge in [0.1, 0.15) is 0 Å². The molecule has 1 atom stereocenters. The lowest BCUT2D eigenvalue weighted by atomic mass is 10.1. The lowest BCUT2D eigenvalue weighted by Gasteiger charge is -2.22. The van der Waals surface area contributed by atoms with E-state index >= 15 is 0 Å². The van der Waals surface area contributed by atoms with E-state index in [1.807, 2.05) is 6.07 Å². The molecule has 0 spiro atoms. The van der Waals surface area contributed by atoms with Crippen LogP contribution in [0.5, 0.6) is 0 Å². The second kappa shape index (κ2) is 4.13. The van der Waals surface area contributed by atoms with Gasteiger partial charge >= 0.3 is 0 Å². The summed E-state index contributed by atoms with van der Waals surface area (Å²) < 4.78 is 0. The van der Waals surface area contributed by atoms with E-state index in [0.717, 1.165) is 24.6 Å². The second-order valence-electron chi connectivity index (χ2n) is 4.60. The highest BCUT2D eigenvalue weighted by atomic mass is 15.1. The fraction of sp³-hybridized carbons (Fsp3) is 0.538. The monoisotopic (exact) mass is 204 g/mol. The molecule has 0 amide bonds. The molecule has 2 nitrogen and oxygen atoms in total. The zero-order valence-electron chi connectivity index (χ0n) is 9.66. The van der Waals surface area contributed by atoms with Crippen molar-refractivity contribution < 1.29 is 0 Å². The Morgan fingerprint density at radius 3 is 3.00 bits per heavy atom. The number of nitrogen functional groups attached to an aromatic ring is 1. The van der Waals surface area contributed by atoms with Gasteiger partial charge in [0.25, 0.3) is 0 Å². The van der Waals surface area contributed by atoms with Gasteiger partial charge in [0.05, 0.1) is 0 Å². The molecule has 0 bridgehead atoms.